The van der Waals surface area contributed by atoms with Gasteiger partial charge in [0.05, 0.1) is 36.5 Å². The highest BCUT2D eigenvalue weighted by molar-refractivity contribution is 5.54. The van der Waals surface area contributed by atoms with Crippen LogP contribution in [-0.4, -0.2) is 19.1 Å². The maximum absolute atomic E-state index is 11.0. The minimum atomic E-state index is -0.487. The molecule has 0 radical (unpaired) electrons. The standard InChI is InChI=1S/C12H15NO5/c1-8(2)18-7-9-5-11(16-3)12(17-4)6-10(9)13(14)15/h5-6H,1,7H2,2-4H3. The van der Waals surface area contributed by atoms with Crippen LogP contribution >= 0.6 is 0 Å². The summed E-state index contributed by atoms with van der Waals surface area (Å²) in [5.41, 5.74) is 0.328. The van der Waals surface area contributed by atoms with Gasteiger partial charge in [-0.25, -0.2) is 0 Å². The van der Waals surface area contributed by atoms with E-state index in [9.17, 15) is 10.1 Å². The molecule has 0 aliphatic rings. The number of benzene rings is 1. The predicted octanol–water partition coefficient (Wildman–Crippen LogP) is 2.66. The molecule has 6 heteroatoms. The predicted molar refractivity (Wildman–Crippen MR) is 65.8 cm³/mol. The van der Waals surface area contributed by atoms with Crippen molar-refractivity contribution in [3.05, 3.63) is 40.1 Å². The number of nitro benzene ring substituents is 1. The van der Waals surface area contributed by atoms with Crippen LogP contribution in [0.1, 0.15) is 12.5 Å². The molecule has 0 N–H and O–H groups in total. The van der Waals surface area contributed by atoms with Crippen LogP contribution in [0, 0.1) is 10.1 Å². The molecule has 0 spiro atoms. The highest BCUT2D eigenvalue weighted by Gasteiger charge is 2.19. The van der Waals surface area contributed by atoms with Gasteiger partial charge in [0, 0.05) is 0 Å². The first kappa shape index (κ1) is 13.8. The number of allylic oxidation sites excluding steroid dienone is 1. The summed E-state index contributed by atoms with van der Waals surface area (Å²) in [7, 11) is 2.89. The second kappa shape index (κ2) is 5.90. The highest BCUT2D eigenvalue weighted by atomic mass is 16.6. The molecule has 0 fully saturated rings. The summed E-state index contributed by atoms with van der Waals surface area (Å²) in [5, 5.41) is 11.0. The zero-order chi connectivity index (χ0) is 13.7. The SMILES string of the molecule is C=C(C)OCc1cc(OC)c(OC)cc1[N+](=O)[O-]. The number of ether oxygens (including phenoxy) is 3. The van der Waals surface area contributed by atoms with Crippen molar-refractivity contribution < 1.29 is 19.1 Å². The molecule has 0 atom stereocenters. The summed E-state index contributed by atoms with van der Waals surface area (Å²) >= 11 is 0. The Bertz CT molecular complexity index is 470. The Morgan fingerprint density at radius 1 is 1.33 bits per heavy atom. The third-order valence-corrected chi connectivity index (χ3v) is 2.26. The Balaban J connectivity index is 3.20. The zero-order valence-electron chi connectivity index (χ0n) is 10.6. The smallest absolute Gasteiger partial charge is 0.280 e. The van der Waals surface area contributed by atoms with Crippen LogP contribution in [0.4, 0.5) is 5.69 Å². The maximum Gasteiger partial charge on any atom is 0.280 e. The van der Waals surface area contributed by atoms with Crippen LogP contribution in [0.25, 0.3) is 0 Å². The van der Waals surface area contributed by atoms with Crippen LogP contribution in [0.2, 0.25) is 0 Å². The van der Waals surface area contributed by atoms with Gasteiger partial charge in [-0.2, -0.15) is 0 Å². The van der Waals surface area contributed by atoms with Crippen molar-refractivity contribution in [1.29, 1.82) is 0 Å². The van der Waals surface area contributed by atoms with E-state index in [1.54, 1.807) is 6.92 Å². The minimum absolute atomic E-state index is 0.0615. The van der Waals surface area contributed by atoms with E-state index < -0.39 is 4.92 Å². The molecule has 0 saturated heterocycles. The van der Waals surface area contributed by atoms with Gasteiger partial charge >= 0.3 is 0 Å². The van der Waals surface area contributed by atoms with Crippen LogP contribution in [-0.2, 0) is 11.3 Å². The Morgan fingerprint density at radius 2 is 1.89 bits per heavy atom. The normalized spacial score (nSPS) is 9.72. The lowest BCUT2D eigenvalue weighted by atomic mass is 10.1. The first-order chi connectivity index (χ1) is 8.49. The lowest BCUT2D eigenvalue weighted by molar-refractivity contribution is -0.386. The van der Waals surface area contributed by atoms with Crippen LogP contribution in [0.5, 0.6) is 11.5 Å². The maximum atomic E-state index is 11.0. The van der Waals surface area contributed by atoms with Gasteiger partial charge in [0.1, 0.15) is 6.61 Å². The second-order valence-corrected chi connectivity index (χ2v) is 3.58. The summed E-state index contributed by atoms with van der Waals surface area (Å²) in [6.07, 6.45) is 0. The van der Waals surface area contributed by atoms with Gasteiger partial charge in [-0.3, -0.25) is 10.1 Å². The van der Waals surface area contributed by atoms with E-state index in [0.717, 1.165) is 0 Å². The van der Waals surface area contributed by atoms with E-state index >= 15 is 0 Å². The molecule has 6 nitrogen and oxygen atoms in total. The van der Waals surface area contributed by atoms with Crippen LogP contribution in [0.15, 0.2) is 24.5 Å². The second-order valence-electron chi connectivity index (χ2n) is 3.58. The van der Waals surface area contributed by atoms with Crippen molar-refractivity contribution in [2.24, 2.45) is 0 Å². The molecule has 0 bridgehead atoms. The summed E-state index contributed by atoms with van der Waals surface area (Å²) < 4.78 is 15.3. The van der Waals surface area contributed by atoms with Gasteiger partial charge in [-0.05, 0) is 13.0 Å². The number of methoxy groups -OCH3 is 2. The monoisotopic (exact) mass is 253 g/mol. The molecule has 0 aromatic heterocycles. The molecule has 0 aliphatic carbocycles. The van der Waals surface area contributed by atoms with Crippen molar-refractivity contribution in [1.82, 2.24) is 0 Å². The molecule has 0 saturated carbocycles. The molecule has 18 heavy (non-hydrogen) atoms. The Morgan fingerprint density at radius 3 is 2.33 bits per heavy atom. The zero-order valence-corrected chi connectivity index (χ0v) is 10.6. The average molecular weight is 253 g/mol. The lowest BCUT2D eigenvalue weighted by Crippen LogP contribution is -2.00. The fourth-order valence-corrected chi connectivity index (χ4v) is 1.40. The molecule has 0 aliphatic heterocycles. The molecule has 0 unspecified atom stereocenters. The van der Waals surface area contributed by atoms with Gasteiger partial charge in [0.2, 0.25) is 0 Å². The van der Waals surface area contributed by atoms with Gasteiger partial charge < -0.3 is 14.2 Å². The highest BCUT2D eigenvalue weighted by Crippen LogP contribution is 2.34. The quantitative estimate of drug-likeness (QED) is 0.443. The van der Waals surface area contributed by atoms with E-state index in [-0.39, 0.29) is 12.3 Å². The first-order valence-corrected chi connectivity index (χ1v) is 5.17. The summed E-state index contributed by atoms with van der Waals surface area (Å²) in [6.45, 7) is 5.31. The summed E-state index contributed by atoms with van der Waals surface area (Å²) in [6, 6.07) is 2.84. The van der Waals surface area contributed by atoms with Gasteiger partial charge in [0.15, 0.2) is 11.5 Å². The fraction of sp³-hybridized carbons (Fsp3) is 0.333. The molecule has 1 aromatic carbocycles. The molecule has 0 amide bonds. The Labute approximate surface area is 105 Å². The minimum Gasteiger partial charge on any atom is -0.494 e. The van der Waals surface area contributed by atoms with E-state index in [1.165, 1.54) is 26.4 Å². The van der Waals surface area contributed by atoms with Gasteiger partial charge in [-0.15, -0.1) is 0 Å². The van der Waals surface area contributed by atoms with Gasteiger partial charge in [-0.1, -0.05) is 6.58 Å². The third-order valence-electron chi connectivity index (χ3n) is 2.26. The van der Waals surface area contributed by atoms with Crippen molar-refractivity contribution >= 4 is 5.69 Å². The molecule has 1 rings (SSSR count). The van der Waals surface area contributed by atoms with E-state index in [0.29, 0.717) is 22.8 Å². The van der Waals surface area contributed by atoms with Gasteiger partial charge in [0.25, 0.3) is 5.69 Å². The third kappa shape index (κ3) is 3.13. The lowest BCUT2D eigenvalue weighted by Gasteiger charge is -2.11. The number of nitrogens with zero attached hydrogens (tertiary/aromatic N) is 1. The first-order valence-electron chi connectivity index (χ1n) is 5.17. The van der Waals surface area contributed by atoms with E-state index in [4.69, 9.17) is 14.2 Å². The van der Waals surface area contributed by atoms with E-state index in [1.807, 2.05) is 0 Å². The molecular formula is C12H15NO5. The van der Waals surface area contributed by atoms with Crippen LogP contribution < -0.4 is 9.47 Å². The Hall–Kier alpha value is -2.24. The average Bonchev–Trinajstić information content (AvgIpc) is 2.34. The number of nitro groups is 1. The largest absolute Gasteiger partial charge is 0.494 e. The molecular weight excluding hydrogens is 238 g/mol. The topological polar surface area (TPSA) is 70.8 Å². The molecule has 98 valence electrons. The summed E-state index contributed by atoms with van der Waals surface area (Å²) in [5.74, 6) is 1.21. The number of hydrogen-bond donors (Lipinski definition) is 0. The van der Waals surface area contributed by atoms with Crippen molar-refractivity contribution in [3.63, 3.8) is 0 Å². The Kier molecular flexibility index (Phi) is 4.53. The van der Waals surface area contributed by atoms with Crippen molar-refractivity contribution in [3.8, 4) is 11.5 Å². The van der Waals surface area contributed by atoms with E-state index in [2.05, 4.69) is 6.58 Å². The fourth-order valence-electron chi connectivity index (χ4n) is 1.40. The van der Waals surface area contributed by atoms with Crippen molar-refractivity contribution in [2.45, 2.75) is 13.5 Å². The van der Waals surface area contributed by atoms with Crippen molar-refractivity contribution in [2.75, 3.05) is 14.2 Å². The van der Waals surface area contributed by atoms with Crippen LogP contribution in [0.3, 0.4) is 0 Å². The number of rotatable bonds is 6. The molecule has 0 heterocycles. The number of hydrogen-bond acceptors (Lipinski definition) is 5. The molecule has 1 aromatic rings. The summed E-state index contributed by atoms with van der Waals surface area (Å²) in [4.78, 5) is 10.5.